The zero-order valence-electron chi connectivity index (χ0n) is 13.3. The fraction of sp³-hybridized carbons (Fsp3) is 0.308. The van der Waals surface area contributed by atoms with Gasteiger partial charge < -0.3 is 15.4 Å². The van der Waals surface area contributed by atoms with E-state index in [1.165, 1.54) is 41.3 Å². The lowest BCUT2D eigenvalue weighted by molar-refractivity contribution is -0.113. The van der Waals surface area contributed by atoms with Gasteiger partial charge in [0, 0.05) is 19.3 Å². The quantitative estimate of drug-likeness (QED) is 0.416. The van der Waals surface area contributed by atoms with E-state index in [4.69, 9.17) is 9.88 Å². The minimum absolute atomic E-state index is 0.0612. The standard InChI is InChI=1S/C13H17N5O4S3/c1-22-6-5-15-12-17-18-13(24-12)23-8-11(19)16-9-3-2-4-10(7-9)25(14,20)21/h2-4,7H,5-6,8H2,1H3,(H,15,17)(H,16,19)(H2,14,20,21). The van der Waals surface area contributed by atoms with Crippen molar-refractivity contribution in [2.75, 3.05) is 36.6 Å². The molecule has 0 saturated heterocycles. The second-order valence-corrected chi connectivity index (χ2v) is 8.46. The number of nitrogens with zero attached hydrogens (tertiary/aromatic N) is 2. The van der Waals surface area contributed by atoms with E-state index in [0.717, 1.165) is 0 Å². The number of rotatable bonds is 9. The topological polar surface area (TPSA) is 136 Å². The number of carbonyl (C=O) groups excluding carboxylic acids is 1. The largest absolute Gasteiger partial charge is 0.383 e. The molecule has 0 atom stereocenters. The van der Waals surface area contributed by atoms with Crippen LogP contribution in [-0.4, -0.2) is 50.5 Å². The number of methoxy groups -OCH3 is 1. The Labute approximate surface area is 153 Å². The summed E-state index contributed by atoms with van der Waals surface area (Å²) in [5.41, 5.74) is 0.358. The van der Waals surface area contributed by atoms with Crippen molar-refractivity contribution < 1.29 is 17.9 Å². The van der Waals surface area contributed by atoms with Gasteiger partial charge in [0.2, 0.25) is 21.1 Å². The second-order valence-electron chi connectivity index (χ2n) is 4.70. The molecule has 2 aromatic rings. The first-order valence-corrected chi connectivity index (χ1v) is 10.3. The Balaban J connectivity index is 1.85. The van der Waals surface area contributed by atoms with Crippen molar-refractivity contribution in [1.82, 2.24) is 10.2 Å². The molecule has 0 aliphatic rings. The Bertz CT molecular complexity index is 825. The number of hydrogen-bond donors (Lipinski definition) is 3. The molecular weight excluding hydrogens is 386 g/mol. The predicted octanol–water partition coefficient (Wildman–Crippen LogP) is 0.975. The van der Waals surface area contributed by atoms with E-state index in [2.05, 4.69) is 20.8 Å². The van der Waals surface area contributed by atoms with Crippen molar-refractivity contribution in [3.05, 3.63) is 24.3 Å². The Kier molecular flexibility index (Phi) is 7.13. The first kappa shape index (κ1) is 19.6. The number of anilines is 2. The van der Waals surface area contributed by atoms with Gasteiger partial charge in [-0.2, -0.15) is 0 Å². The number of carbonyl (C=O) groups is 1. The number of thioether (sulfide) groups is 1. The summed E-state index contributed by atoms with van der Waals surface area (Å²) in [5, 5.41) is 19.3. The molecule has 1 heterocycles. The predicted molar refractivity (Wildman–Crippen MR) is 97.4 cm³/mol. The molecule has 136 valence electrons. The molecule has 0 unspecified atom stereocenters. The molecule has 1 aromatic heterocycles. The normalized spacial score (nSPS) is 11.3. The maximum Gasteiger partial charge on any atom is 0.238 e. The average Bonchev–Trinajstić information content (AvgIpc) is 3.01. The third-order valence-electron chi connectivity index (χ3n) is 2.76. The Hall–Kier alpha value is -1.73. The number of primary sulfonamides is 1. The number of nitrogens with one attached hydrogen (secondary N) is 2. The van der Waals surface area contributed by atoms with Gasteiger partial charge in [-0.05, 0) is 18.2 Å². The van der Waals surface area contributed by atoms with E-state index in [1.54, 1.807) is 13.2 Å². The van der Waals surface area contributed by atoms with Crippen LogP contribution in [0.25, 0.3) is 0 Å². The molecule has 0 spiro atoms. The lowest BCUT2D eigenvalue weighted by atomic mass is 10.3. The van der Waals surface area contributed by atoms with E-state index in [-0.39, 0.29) is 16.6 Å². The molecule has 9 nitrogen and oxygen atoms in total. The van der Waals surface area contributed by atoms with Crippen LogP contribution < -0.4 is 15.8 Å². The van der Waals surface area contributed by atoms with Gasteiger partial charge in [0.1, 0.15) is 0 Å². The van der Waals surface area contributed by atoms with Gasteiger partial charge in [-0.25, -0.2) is 13.6 Å². The summed E-state index contributed by atoms with van der Waals surface area (Å²) in [7, 11) is -2.20. The number of sulfonamides is 1. The van der Waals surface area contributed by atoms with Crippen LogP contribution in [0.1, 0.15) is 0 Å². The second kappa shape index (κ2) is 9.10. The molecule has 12 heteroatoms. The maximum absolute atomic E-state index is 12.0. The number of ether oxygens (including phenoxy) is 1. The highest BCUT2D eigenvalue weighted by molar-refractivity contribution is 8.01. The third-order valence-corrected chi connectivity index (χ3v) is 5.69. The van der Waals surface area contributed by atoms with Crippen molar-refractivity contribution >= 4 is 49.8 Å². The zero-order chi connectivity index (χ0) is 18.3. The van der Waals surface area contributed by atoms with Gasteiger partial charge in [0.05, 0.1) is 17.3 Å². The van der Waals surface area contributed by atoms with Crippen molar-refractivity contribution in [1.29, 1.82) is 0 Å². The minimum atomic E-state index is -3.81. The fourth-order valence-corrected chi connectivity index (χ4v) is 3.81. The van der Waals surface area contributed by atoms with Gasteiger partial charge in [-0.3, -0.25) is 4.79 Å². The average molecular weight is 404 g/mol. The lowest BCUT2D eigenvalue weighted by Crippen LogP contribution is -2.16. The third kappa shape index (κ3) is 6.59. The molecule has 0 aliphatic heterocycles. The summed E-state index contributed by atoms with van der Waals surface area (Å²) in [4.78, 5) is 11.9. The van der Waals surface area contributed by atoms with Gasteiger partial charge >= 0.3 is 0 Å². The maximum atomic E-state index is 12.0. The summed E-state index contributed by atoms with van der Waals surface area (Å²) in [6.07, 6.45) is 0. The molecule has 0 bridgehead atoms. The molecule has 0 fully saturated rings. The molecule has 1 amide bonds. The summed E-state index contributed by atoms with van der Waals surface area (Å²) in [6, 6.07) is 5.75. The van der Waals surface area contributed by atoms with Crippen LogP contribution in [0, 0.1) is 0 Å². The van der Waals surface area contributed by atoms with Crippen LogP contribution in [0.15, 0.2) is 33.5 Å². The van der Waals surface area contributed by atoms with Crippen LogP contribution in [0.3, 0.4) is 0 Å². The van der Waals surface area contributed by atoms with Crippen LogP contribution >= 0.6 is 23.1 Å². The molecule has 1 aromatic carbocycles. The van der Waals surface area contributed by atoms with Crippen molar-refractivity contribution in [2.24, 2.45) is 5.14 Å². The summed E-state index contributed by atoms with van der Waals surface area (Å²) < 4.78 is 28.2. The molecule has 4 N–H and O–H groups in total. The van der Waals surface area contributed by atoms with Crippen molar-refractivity contribution in [3.63, 3.8) is 0 Å². The van der Waals surface area contributed by atoms with Crippen molar-refractivity contribution in [3.8, 4) is 0 Å². The number of benzene rings is 1. The van der Waals surface area contributed by atoms with E-state index in [1.807, 2.05) is 0 Å². The van der Waals surface area contributed by atoms with E-state index < -0.39 is 10.0 Å². The van der Waals surface area contributed by atoms with Crippen molar-refractivity contribution in [2.45, 2.75) is 9.24 Å². The minimum Gasteiger partial charge on any atom is -0.383 e. The van der Waals surface area contributed by atoms with E-state index in [9.17, 15) is 13.2 Å². The molecular formula is C13H17N5O4S3. The van der Waals surface area contributed by atoms with Crippen LogP contribution in [0.5, 0.6) is 0 Å². The SMILES string of the molecule is COCCNc1nnc(SCC(=O)Nc2cccc(S(N)(=O)=O)c2)s1. The molecule has 0 saturated carbocycles. The number of aromatic nitrogens is 2. The van der Waals surface area contributed by atoms with Crippen LogP contribution in [0.4, 0.5) is 10.8 Å². The summed E-state index contributed by atoms with van der Waals surface area (Å²) in [5.74, 6) is -0.174. The number of amides is 1. The smallest absolute Gasteiger partial charge is 0.238 e. The van der Waals surface area contributed by atoms with Crippen LogP contribution in [-0.2, 0) is 19.6 Å². The molecule has 2 rings (SSSR count). The Morgan fingerprint density at radius 2 is 2.20 bits per heavy atom. The fourth-order valence-electron chi connectivity index (χ4n) is 1.67. The Morgan fingerprint density at radius 1 is 1.40 bits per heavy atom. The Morgan fingerprint density at radius 3 is 2.92 bits per heavy atom. The summed E-state index contributed by atoms with van der Waals surface area (Å²) in [6.45, 7) is 1.18. The first-order chi connectivity index (χ1) is 11.9. The molecule has 0 aliphatic carbocycles. The summed E-state index contributed by atoms with van der Waals surface area (Å²) >= 11 is 2.57. The van der Waals surface area contributed by atoms with Gasteiger partial charge in [0.15, 0.2) is 4.34 Å². The number of nitrogens with two attached hydrogens (primary N) is 1. The highest BCUT2D eigenvalue weighted by Gasteiger charge is 2.11. The highest BCUT2D eigenvalue weighted by atomic mass is 32.2. The monoisotopic (exact) mass is 403 g/mol. The number of hydrogen-bond acceptors (Lipinski definition) is 9. The van der Waals surface area contributed by atoms with Crippen LogP contribution in [0.2, 0.25) is 0 Å². The highest BCUT2D eigenvalue weighted by Crippen LogP contribution is 2.25. The van der Waals surface area contributed by atoms with Gasteiger partial charge in [-0.15, -0.1) is 10.2 Å². The molecule has 0 radical (unpaired) electrons. The molecule has 25 heavy (non-hydrogen) atoms. The zero-order valence-corrected chi connectivity index (χ0v) is 15.7. The van der Waals surface area contributed by atoms with Gasteiger partial charge in [0.25, 0.3) is 0 Å². The van der Waals surface area contributed by atoms with Gasteiger partial charge in [-0.1, -0.05) is 29.2 Å². The lowest BCUT2D eigenvalue weighted by Gasteiger charge is -2.05. The van der Waals surface area contributed by atoms with E-state index >= 15 is 0 Å². The van der Waals surface area contributed by atoms with E-state index in [0.29, 0.717) is 28.3 Å². The first-order valence-electron chi connectivity index (χ1n) is 7.00.